The van der Waals surface area contributed by atoms with E-state index in [0.717, 1.165) is 11.1 Å². The van der Waals surface area contributed by atoms with Crippen molar-refractivity contribution in [2.45, 2.75) is 12.8 Å². The average molecular weight is 472 g/mol. The molecule has 0 saturated heterocycles. The molecule has 0 atom stereocenters. The molecule has 1 N–H and O–H groups in total. The zero-order valence-corrected chi connectivity index (χ0v) is 18.7. The largest absolute Gasteiger partial charge is 0.310 e. The number of pyridine rings is 1. The Morgan fingerprint density at radius 2 is 2.21 bits per heavy atom. The highest BCUT2D eigenvalue weighted by molar-refractivity contribution is 6.30. The van der Waals surface area contributed by atoms with Crippen molar-refractivity contribution in [1.82, 2.24) is 24.7 Å². The van der Waals surface area contributed by atoms with Crippen LogP contribution >= 0.6 is 11.6 Å². The summed E-state index contributed by atoms with van der Waals surface area (Å²) in [6.45, 7) is 0.486. The van der Waals surface area contributed by atoms with E-state index in [1.54, 1.807) is 53.8 Å². The fourth-order valence-corrected chi connectivity index (χ4v) is 4.15. The summed E-state index contributed by atoms with van der Waals surface area (Å²) in [5.74, 6) is 0.745. The second kappa shape index (κ2) is 8.92. The van der Waals surface area contributed by atoms with E-state index in [1.807, 2.05) is 6.07 Å². The van der Waals surface area contributed by atoms with Gasteiger partial charge >= 0.3 is 0 Å². The van der Waals surface area contributed by atoms with Gasteiger partial charge in [0.1, 0.15) is 11.2 Å². The zero-order chi connectivity index (χ0) is 24.4. The topological polar surface area (TPSA) is 113 Å². The molecular formula is C24H19ClN8O. The van der Waals surface area contributed by atoms with Crippen LogP contribution in [0.3, 0.4) is 0 Å². The summed E-state index contributed by atoms with van der Waals surface area (Å²) < 4.78 is 8.84. The number of aromatic nitrogens is 5. The van der Waals surface area contributed by atoms with Crippen LogP contribution in [-0.2, 0) is 24.7 Å². The maximum absolute atomic E-state index is 13.1. The molecule has 10 heteroatoms. The van der Waals surface area contributed by atoms with Gasteiger partial charge in [0.2, 0.25) is 11.9 Å². The third kappa shape index (κ3) is 4.19. The first-order valence-electron chi connectivity index (χ1n) is 11.2. The van der Waals surface area contributed by atoms with Crippen molar-refractivity contribution in [1.29, 1.82) is 5.26 Å². The Morgan fingerprint density at radius 1 is 1.29 bits per heavy atom. The molecule has 3 aromatic heterocycles. The third-order valence-electron chi connectivity index (χ3n) is 5.49. The first-order chi connectivity index (χ1) is 17.1. The van der Waals surface area contributed by atoms with Gasteiger partial charge in [0.15, 0.2) is 5.82 Å². The Bertz CT molecular complexity index is 1460. The summed E-state index contributed by atoms with van der Waals surface area (Å²) in [6.07, 6.45) is 5.63. The van der Waals surface area contributed by atoms with Gasteiger partial charge in [-0.05, 0) is 41.8 Å². The lowest BCUT2D eigenvalue weighted by Crippen LogP contribution is -2.31. The summed E-state index contributed by atoms with van der Waals surface area (Å²) in [7, 11) is 0.0173. The lowest BCUT2D eigenvalue weighted by Gasteiger charge is -2.19. The Balaban J connectivity index is 1.42. The third-order valence-corrected chi connectivity index (χ3v) is 5.84. The number of hydrogen-bond acceptors (Lipinski definition) is 7. The smallest absolute Gasteiger partial charge is 0.231 e. The number of nitrogens with one attached hydrogen (secondary N) is 1. The molecule has 0 spiro atoms. The number of fused-ring (bicyclic) bond motifs is 1. The number of halogens is 1. The van der Waals surface area contributed by atoms with Gasteiger partial charge in [-0.1, -0.05) is 17.7 Å². The number of aryl methyl sites for hydroxylation is 1. The lowest BCUT2D eigenvalue weighted by molar-refractivity contribution is -0.117. The predicted octanol–water partition coefficient (Wildman–Crippen LogP) is 3.67. The highest BCUT2D eigenvalue weighted by Gasteiger charge is 2.29. The van der Waals surface area contributed by atoms with E-state index in [0.29, 0.717) is 52.4 Å². The maximum Gasteiger partial charge on any atom is 0.231 e. The molecule has 34 heavy (non-hydrogen) atoms. The van der Waals surface area contributed by atoms with Gasteiger partial charge in [0.05, 0.1) is 23.4 Å². The lowest BCUT2D eigenvalue weighted by atomic mass is 10.0. The molecule has 0 aliphatic carbocycles. The summed E-state index contributed by atoms with van der Waals surface area (Å²) in [5.41, 5.74) is 3.99. The Labute approximate surface area is 202 Å². The van der Waals surface area contributed by atoms with Crippen LogP contribution in [-0.4, -0.2) is 37.2 Å². The molecule has 168 valence electrons. The molecule has 1 aromatic carbocycles. The molecule has 0 fully saturated rings. The van der Waals surface area contributed by atoms with Crippen LogP contribution in [0.15, 0.2) is 55.0 Å². The van der Waals surface area contributed by atoms with Gasteiger partial charge in [-0.3, -0.25) is 9.48 Å². The number of anilines is 3. The second-order valence-corrected chi connectivity index (χ2v) is 8.06. The predicted molar refractivity (Wildman–Crippen MR) is 128 cm³/mol. The van der Waals surface area contributed by atoms with Gasteiger partial charge in [0.25, 0.3) is 0 Å². The number of carbonyl (C=O) groups is 1. The molecule has 4 aromatic rings. The molecule has 4 heterocycles. The average Bonchev–Trinajstić information content (AvgIpc) is 3.52. The number of amides is 1. The van der Waals surface area contributed by atoms with Gasteiger partial charge < -0.3 is 10.2 Å². The fourth-order valence-electron chi connectivity index (χ4n) is 3.96. The standard InChI is InChI=1S/C24H19ClN8O/c1-32-9-6-20(31-32)30-24-28-8-4-19(29-24)17-11-15-5-10-33(22(15)18(12-17)14-26)21(34)13-16-3-2-7-27-23(16)25/h2-4,6-9,11-12H,5,10,13H2,1H3,(H,28,29,30,31)/i1D. The van der Waals surface area contributed by atoms with Crippen LogP contribution < -0.4 is 10.2 Å². The Morgan fingerprint density at radius 3 is 3.00 bits per heavy atom. The summed E-state index contributed by atoms with van der Waals surface area (Å²) in [6, 6.07) is 13.0. The van der Waals surface area contributed by atoms with Gasteiger partial charge in [-0.25, -0.2) is 15.0 Å². The molecule has 1 aliphatic heterocycles. The SMILES string of the molecule is [2H]Cn1ccc(Nc2nccc(-c3cc(C#N)c4c(c3)CCN4C(=O)Cc3cccnc3Cl)n2)n1. The van der Waals surface area contributed by atoms with E-state index >= 15 is 0 Å². The number of carbonyl (C=O) groups excluding carboxylic acids is 1. The van der Waals surface area contributed by atoms with Gasteiger partial charge in [0, 0.05) is 45.2 Å². The van der Waals surface area contributed by atoms with Crippen molar-refractivity contribution >= 4 is 35.0 Å². The number of rotatable bonds is 5. The van der Waals surface area contributed by atoms with E-state index in [1.165, 1.54) is 4.68 Å². The van der Waals surface area contributed by atoms with Crippen LogP contribution in [0.5, 0.6) is 0 Å². The van der Waals surface area contributed by atoms with E-state index < -0.39 is 0 Å². The molecule has 5 rings (SSSR count). The molecule has 0 bridgehead atoms. The highest BCUT2D eigenvalue weighted by Crippen LogP contribution is 2.36. The normalized spacial score (nSPS) is 12.7. The number of nitriles is 1. The highest BCUT2D eigenvalue weighted by atomic mass is 35.5. The van der Waals surface area contributed by atoms with Gasteiger partial charge in [-0.15, -0.1) is 0 Å². The maximum atomic E-state index is 13.1. The summed E-state index contributed by atoms with van der Waals surface area (Å²) in [4.78, 5) is 27.6. The first-order valence-corrected chi connectivity index (χ1v) is 10.8. The molecule has 9 nitrogen and oxygen atoms in total. The minimum absolute atomic E-state index is 0.0173. The van der Waals surface area contributed by atoms with Crippen molar-refractivity contribution < 1.29 is 6.17 Å². The van der Waals surface area contributed by atoms with E-state index in [4.69, 9.17) is 13.0 Å². The van der Waals surface area contributed by atoms with Crippen LogP contribution in [0.25, 0.3) is 11.3 Å². The number of hydrogen-bond donors (Lipinski definition) is 1. The molecule has 0 saturated carbocycles. The van der Waals surface area contributed by atoms with Crippen molar-refractivity contribution in [3.63, 3.8) is 0 Å². The van der Waals surface area contributed by atoms with Crippen molar-refractivity contribution in [3.8, 4) is 17.3 Å². The van der Waals surface area contributed by atoms with Crippen LogP contribution in [0.4, 0.5) is 17.5 Å². The quantitative estimate of drug-likeness (QED) is 0.442. The molecular weight excluding hydrogens is 452 g/mol. The van der Waals surface area contributed by atoms with Crippen LogP contribution in [0, 0.1) is 11.3 Å². The van der Waals surface area contributed by atoms with E-state index in [-0.39, 0.29) is 19.4 Å². The fraction of sp³-hybridized carbons (Fsp3) is 0.167. The summed E-state index contributed by atoms with van der Waals surface area (Å²) in [5, 5.41) is 17.4. The van der Waals surface area contributed by atoms with E-state index in [9.17, 15) is 10.1 Å². The van der Waals surface area contributed by atoms with Crippen molar-refractivity contribution in [3.05, 3.63) is 76.8 Å². The zero-order valence-electron chi connectivity index (χ0n) is 18.9. The van der Waals surface area contributed by atoms with Crippen molar-refractivity contribution in [2.75, 3.05) is 16.8 Å². The van der Waals surface area contributed by atoms with E-state index in [2.05, 4.69) is 31.4 Å². The Hall–Kier alpha value is -4.29. The second-order valence-electron chi connectivity index (χ2n) is 7.70. The Kier molecular flexibility index (Phi) is 5.33. The first kappa shape index (κ1) is 20.3. The van der Waals surface area contributed by atoms with Gasteiger partial charge in [-0.2, -0.15) is 10.4 Å². The molecule has 1 aliphatic rings. The summed E-state index contributed by atoms with van der Waals surface area (Å²) >= 11 is 6.13. The minimum Gasteiger partial charge on any atom is -0.310 e. The van der Waals surface area contributed by atoms with Crippen LogP contribution in [0.2, 0.25) is 5.15 Å². The molecule has 1 amide bonds. The number of benzene rings is 1. The monoisotopic (exact) mass is 471 g/mol. The van der Waals surface area contributed by atoms with Crippen molar-refractivity contribution in [2.24, 2.45) is 7.02 Å². The minimum atomic E-state index is -0.136. The molecule has 0 radical (unpaired) electrons. The molecule has 0 unspecified atom stereocenters. The van der Waals surface area contributed by atoms with Crippen LogP contribution in [0.1, 0.15) is 18.1 Å². The number of nitrogens with zero attached hydrogens (tertiary/aromatic N) is 7.